The average Bonchev–Trinajstić information content (AvgIpc) is 3.00. The van der Waals surface area contributed by atoms with Crippen molar-refractivity contribution in [3.05, 3.63) is 42.1 Å². The Labute approximate surface area is 146 Å². The molecule has 0 saturated heterocycles. The summed E-state index contributed by atoms with van der Waals surface area (Å²) in [6.07, 6.45) is 1.99. The number of methoxy groups -OCH3 is 1. The van der Waals surface area contributed by atoms with Gasteiger partial charge in [-0.1, -0.05) is 18.2 Å². The van der Waals surface area contributed by atoms with Crippen LogP contribution in [0.3, 0.4) is 0 Å². The maximum absolute atomic E-state index is 5.83. The Hall–Kier alpha value is -2.80. The highest BCUT2D eigenvalue weighted by atomic mass is 16.5. The van der Waals surface area contributed by atoms with E-state index in [9.17, 15) is 0 Å². The van der Waals surface area contributed by atoms with E-state index in [4.69, 9.17) is 15.2 Å². The Morgan fingerprint density at radius 3 is 2.84 bits per heavy atom. The topological polar surface area (TPSA) is 87.2 Å². The van der Waals surface area contributed by atoms with Gasteiger partial charge in [0.25, 0.3) is 0 Å². The van der Waals surface area contributed by atoms with Crippen LogP contribution in [0.15, 0.2) is 36.5 Å². The molecule has 7 heteroatoms. The second-order valence-corrected chi connectivity index (χ2v) is 5.57. The van der Waals surface area contributed by atoms with Gasteiger partial charge in [-0.15, -0.1) is 0 Å². The fourth-order valence-electron chi connectivity index (χ4n) is 2.77. The van der Waals surface area contributed by atoms with Crippen molar-refractivity contribution in [3.63, 3.8) is 0 Å². The molecule has 0 saturated carbocycles. The van der Waals surface area contributed by atoms with Gasteiger partial charge in [0.1, 0.15) is 11.3 Å². The van der Waals surface area contributed by atoms with E-state index in [-0.39, 0.29) is 5.95 Å². The Morgan fingerprint density at radius 1 is 1.20 bits per heavy atom. The summed E-state index contributed by atoms with van der Waals surface area (Å²) in [5.41, 5.74) is 8.65. The summed E-state index contributed by atoms with van der Waals surface area (Å²) in [6, 6.07) is 9.97. The Morgan fingerprint density at radius 2 is 2.04 bits per heavy atom. The van der Waals surface area contributed by atoms with Crippen molar-refractivity contribution in [2.24, 2.45) is 0 Å². The summed E-state index contributed by atoms with van der Waals surface area (Å²) in [7, 11) is 1.67. The highest BCUT2D eigenvalue weighted by Gasteiger charge is 2.13. The van der Waals surface area contributed by atoms with Gasteiger partial charge in [-0.3, -0.25) is 0 Å². The molecule has 0 bridgehead atoms. The first-order chi connectivity index (χ1) is 12.2. The van der Waals surface area contributed by atoms with Crippen LogP contribution in [0, 0.1) is 0 Å². The standard InChI is InChI=1S/C18H23N5O2/c1-3-25-15-7-5-4-6-13(15)12-23-10-8-14-16(23)17(20-9-11-24-2)22-18(19)21-14/h4-8,10H,3,9,11-12H2,1-2H3,(H3,19,20,21,22). The van der Waals surface area contributed by atoms with Crippen LogP contribution >= 0.6 is 0 Å². The molecule has 1 aromatic carbocycles. The van der Waals surface area contributed by atoms with Gasteiger partial charge in [-0.2, -0.15) is 4.98 Å². The molecule has 0 aliphatic rings. The molecule has 0 atom stereocenters. The van der Waals surface area contributed by atoms with Gasteiger partial charge in [0, 0.05) is 25.4 Å². The molecule has 0 unspecified atom stereocenters. The number of nitrogens with two attached hydrogens (primary N) is 1. The van der Waals surface area contributed by atoms with Gasteiger partial charge in [-0.25, -0.2) is 4.98 Å². The third-order valence-corrected chi connectivity index (χ3v) is 3.84. The summed E-state index contributed by atoms with van der Waals surface area (Å²) in [6.45, 7) is 4.50. The number of ether oxygens (including phenoxy) is 2. The molecule has 0 radical (unpaired) electrons. The number of benzene rings is 1. The van der Waals surface area contributed by atoms with Gasteiger partial charge in [-0.05, 0) is 19.1 Å². The number of fused-ring (bicyclic) bond motifs is 1. The van der Waals surface area contributed by atoms with Crippen molar-refractivity contribution < 1.29 is 9.47 Å². The van der Waals surface area contributed by atoms with Crippen LogP contribution in [0.2, 0.25) is 0 Å². The first-order valence-corrected chi connectivity index (χ1v) is 8.28. The molecule has 0 amide bonds. The molecule has 132 valence electrons. The third kappa shape index (κ3) is 3.83. The molecular formula is C18H23N5O2. The maximum atomic E-state index is 5.83. The molecule has 0 aliphatic heterocycles. The van der Waals surface area contributed by atoms with Crippen molar-refractivity contribution in [1.29, 1.82) is 0 Å². The Balaban J connectivity index is 1.97. The predicted molar refractivity (Wildman–Crippen MR) is 99.0 cm³/mol. The van der Waals surface area contributed by atoms with Gasteiger partial charge in [0.05, 0.1) is 25.3 Å². The van der Waals surface area contributed by atoms with Crippen LogP contribution in [-0.2, 0) is 11.3 Å². The summed E-state index contributed by atoms with van der Waals surface area (Å²) < 4.78 is 12.9. The molecule has 25 heavy (non-hydrogen) atoms. The van der Waals surface area contributed by atoms with Gasteiger partial charge in [0.2, 0.25) is 5.95 Å². The lowest BCUT2D eigenvalue weighted by molar-refractivity contribution is 0.210. The largest absolute Gasteiger partial charge is 0.494 e. The van der Waals surface area contributed by atoms with E-state index in [0.29, 0.717) is 32.1 Å². The summed E-state index contributed by atoms with van der Waals surface area (Å²) in [4.78, 5) is 8.68. The average molecular weight is 341 g/mol. The lowest BCUT2D eigenvalue weighted by atomic mass is 10.2. The van der Waals surface area contributed by atoms with Crippen LogP contribution in [-0.4, -0.2) is 41.4 Å². The number of rotatable bonds is 8. The van der Waals surface area contributed by atoms with E-state index in [0.717, 1.165) is 22.3 Å². The van der Waals surface area contributed by atoms with Gasteiger partial charge in [0.15, 0.2) is 5.82 Å². The lowest BCUT2D eigenvalue weighted by Gasteiger charge is -2.13. The normalized spacial score (nSPS) is 11.0. The molecule has 3 aromatic rings. The number of nitrogen functional groups attached to an aromatic ring is 1. The van der Waals surface area contributed by atoms with Crippen LogP contribution in [0.4, 0.5) is 11.8 Å². The Kier molecular flexibility index (Phi) is 5.35. The lowest BCUT2D eigenvalue weighted by Crippen LogP contribution is -2.12. The van der Waals surface area contributed by atoms with Gasteiger partial charge >= 0.3 is 0 Å². The second kappa shape index (κ2) is 7.85. The highest BCUT2D eigenvalue weighted by Crippen LogP contribution is 2.26. The fourth-order valence-corrected chi connectivity index (χ4v) is 2.77. The van der Waals surface area contributed by atoms with E-state index in [1.807, 2.05) is 37.4 Å². The number of hydrogen-bond acceptors (Lipinski definition) is 6. The number of anilines is 2. The number of nitrogens with zero attached hydrogens (tertiary/aromatic N) is 3. The van der Waals surface area contributed by atoms with E-state index >= 15 is 0 Å². The minimum Gasteiger partial charge on any atom is -0.494 e. The zero-order valence-corrected chi connectivity index (χ0v) is 14.5. The molecular weight excluding hydrogens is 318 g/mol. The monoisotopic (exact) mass is 341 g/mol. The molecule has 0 aliphatic carbocycles. The zero-order chi connectivity index (χ0) is 17.6. The first-order valence-electron chi connectivity index (χ1n) is 8.28. The van der Waals surface area contributed by atoms with Crippen molar-refractivity contribution in [1.82, 2.24) is 14.5 Å². The highest BCUT2D eigenvalue weighted by molar-refractivity contribution is 5.87. The summed E-state index contributed by atoms with van der Waals surface area (Å²) >= 11 is 0. The zero-order valence-electron chi connectivity index (χ0n) is 14.5. The van der Waals surface area contributed by atoms with E-state index < -0.39 is 0 Å². The summed E-state index contributed by atoms with van der Waals surface area (Å²) in [5, 5.41) is 3.27. The quantitative estimate of drug-likeness (QED) is 0.612. The molecule has 2 heterocycles. The number of aromatic nitrogens is 3. The van der Waals surface area contributed by atoms with Crippen LogP contribution in [0.1, 0.15) is 12.5 Å². The minimum atomic E-state index is 0.250. The SMILES string of the molecule is CCOc1ccccc1Cn1ccc2nc(N)nc(NCCOC)c21. The van der Waals surface area contributed by atoms with Crippen molar-refractivity contribution in [3.8, 4) is 5.75 Å². The molecule has 7 nitrogen and oxygen atoms in total. The summed E-state index contributed by atoms with van der Waals surface area (Å²) in [5.74, 6) is 1.84. The van der Waals surface area contributed by atoms with Crippen LogP contribution < -0.4 is 15.8 Å². The van der Waals surface area contributed by atoms with E-state index in [2.05, 4.69) is 25.9 Å². The molecule has 2 aromatic heterocycles. The minimum absolute atomic E-state index is 0.250. The molecule has 0 fully saturated rings. The van der Waals surface area contributed by atoms with Crippen LogP contribution in [0.25, 0.3) is 11.0 Å². The second-order valence-electron chi connectivity index (χ2n) is 5.57. The first kappa shape index (κ1) is 17.0. The van der Waals surface area contributed by atoms with Gasteiger partial charge < -0.3 is 25.1 Å². The Bertz CT molecular complexity index is 847. The predicted octanol–water partition coefficient (Wildman–Crippen LogP) is 2.52. The molecule has 3 rings (SSSR count). The van der Waals surface area contributed by atoms with E-state index in [1.165, 1.54) is 0 Å². The third-order valence-electron chi connectivity index (χ3n) is 3.84. The molecule has 0 spiro atoms. The number of nitrogens with one attached hydrogen (secondary N) is 1. The smallest absolute Gasteiger partial charge is 0.222 e. The van der Waals surface area contributed by atoms with Crippen molar-refractivity contribution in [2.75, 3.05) is 37.9 Å². The maximum Gasteiger partial charge on any atom is 0.222 e. The fraction of sp³-hybridized carbons (Fsp3) is 0.333. The molecule has 3 N–H and O–H groups in total. The van der Waals surface area contributed by atoms with Crippen LogP contribution in [0.5, 0.6) is 5.75 Å². The van der Waals surface area contributed by atoms with Crippen molar-refractivity contribution in [2.45, 2.75) is 13.5 Å². The number of para-hydroxylation sites is 1. The van der Waals surface area contributed by atoms with Crippen molar-refractivity contribution >= 4 is 22.8 Å². The van der Waals surface area contributed by atoms with E-state index in [1.54, 1.807) is 7.11 Å². The number of hydrogen-bond donors (Lipinski definition) is 2.